The summed E-state index contributed by atoms with van der Waals surface area (Å²) in [6.45, 7) is 8.20. The van der Waals surface area contributed by atoms with Crippen molar-refractivity contribution in [3.8, 4) is 43.4 Å². The normalized spacial score (nSPS) is 18.3. The van der Waals surface area contributed by atoms with Crippen molar-refractivity contribution in [2.75, 3.05) is 32.1 Å². The number of aliphatic hydroxyl groups excluding tert-OH is 1. The Morgan fingerprint density at radius 2 is 1.44 bits per heavy atom. The topological polar surface area (TPSA) is 405 Å². The van der Waals surface area contributed by atoms with E-state index in [1.807, 2.05) is 13.8 Å². The molecule has 1 unspecified atom stereocenters. The molecule has 0 saturated heterocycles. The number of pyridine rings is 1. The highest BCUT2D eigenvalue weighted by atomic mass is 32.1. The molecule has 1 aliphatic heterocycles. The number of carbonyl (C=O) groups is 8. The van der Waals surface area contributed by atoms with Crippen molar-refractivity contribution in [2.45, 2.75) is 89.8 Å². The van der Waals surface area contributed by atoms with Crippen LogP contribution >= 0.6 is 68.0 Å². The number of thiazole rings is 6. The molecule has 2 aliphatic rings. The SMILES string of the molecule is C=C(CN(C(=O)OC1CCC(C(=O)O)CC1)c1csc(-c2ccc3c(n2)-c2csc(n2)-c2csc(n2)[C@H]([C@@H](O)c2ccccc2)NC(=O)CNC(=O)c2nc(sc2COC)C(C(C)C)NC(=O)c2nc(sc2C)[C@H](CC(=O)NC)NC(=O)c2csc-3n2)n1)O/C(=C\N)C(=O)O. The van der Waals surface area contributed by atoms with Gasteiger partial charge < -0.3 is 61.8 Å². The Labute approximate surface area is 565 Å². The summed E-state index contributed by atoms with van der Waals surface area (Å²) in [5, 5.41) is 53.6. The first kappa shape index (κ1) is 68.6. The first-order valence-corrected chi connectivity index (χ1v) is 34.4. The number of rotatable bonds is 16. The van der Waals surface area contributed by atoms with Gasteiger partial charge in [-0.15, -0.1) is 68.0 Å². The summed E-state index contributed by atoms with van der Waals surface area (Å²) in [6.07, 6.45) is -1.30. The van der Waals surface area contributed by atoms with Crippen LogP contribution in [0.25, 0.3) is 43.4 Å². The maximum atomic E-state index is 14.5. The van der Waals surface area contributed by atoms with Crippen molar-refractivity contribution in [1.82, 2.24) is 61.5 Å². The number of ether oxygens (including phenoxy) is 3. The van der Waals surface area contributed by atoms with E-state index < -0.39 is 103 Å². The molecule has 28 nitrogen and oxygen atoms in total. The van der Waals surface area contributed by atoms with Gasteiger partial charge in [-0.3, -0.25) is 33.7 Å². The minimum Gasteiger partial charge on any atom is -0.481 e. The molecule has 6 amide bonds. The van der Waals surface area contributed by atoms with Crippen LogP contribution in [0.1, 0.15) is 132 Å². The van der Waals surface area contributed by atoms with Crippen molar-refractivity contribution < 1.29 is 67.9 Å². The lowest BCUT2D eigenvalue weighted by Gasteiger charge is -2.28. The lowest BCUT2D eigenvalue weighted by Crippen LogP contribution is -2.40. The molecule has 8 aromatic rings. The molecule has 95 heavy (non-hydrogen) atoms. The van der Waals surface area contributed by atoms with Crippen molar-refractivity contribution in [1.29, 1.82) is 0 Å². The van der Waals surface area contributed by atoms with Gasteiger partial charge in [0.1, 0.15) is 94.0 Å². The zero-order chi connectivity index (χ0) is 67.8. The minimum atomic E-state index is -1.49. The monoisotopic (exact) mass is 1410 g/mol. The number of aliphatic hydroxyl groups is 1. The van der Waals surface area contributed by atoms with E-state index in [1.54, 1.807) is 65.5 Å². The maximum absolute atomic E-state index is 14.5. The molecule has 1 saturated carbocycles. The fourth-order valence-electron chi connectivity index (χ4n) is 10.1. The van der Waals surface area contributed by atoms with Gasteiger partial charge in [-0.05, 0) is 56.2 Å². The van der Waals surface area contributed by atoms with Crippen LogP contribution in [0, 0.1) is 18.8 Å². The Morgan fingerprint density at radius 3 is 2.15 bits per heavy atom. The van der Waals surface area contributed by atoms with E-state index in [-0.39, 0.29) is 99.7 Å². The number of aliphatic carboxylic acids is 2. The molecular weight excluding hydrogens is 1350 g/mol. The molecule has 1 aliphatic carbocycles. The first-order valence-electron chi connectivity index (χ1n) is 29.2. The fourth-order valence-corrected chi connectivity index (χ4v) is 15.6. The Hall–Kier alpha value is -9.29. The van der Waals surface area contributed by atoms with E-state index >= 15 is 0 Å². The summed E-state index contributed by atoms with van der Waals surface area (Å²) in [5.74, 6) is -7.22. The summed E-state index contributed by atoms with van der Waals surface area (Å²) >= 11 is 6.81. The van der Waals surface area contributed by atoms with Crippen molar-refractivity contribution in [3.05, 3.63) is 136 Å². The number of carboxylic acid groups (broad SMARTS) is 2. The van der Waals surface area contributed by atoms with Crippen molar-refractivity contribution in [3.63, 3.8) is 0 Å². The predicted molar refractivity (Wildman–Crippen MR) is 354 cm³/mol. The van der Waals surface area contributed by atoms with E-state index in [4.69, 9.17) is 49.8 Å². The third kappa shape index (κ3) is 16.1. The van der Waals surface area contributed by atoms with Crippen LogP contribution in [0.5, 0.6) is 0 Å². The first-order chi connectivity index (χ1) is 45.6. The Balaban J connectivity index is 1.05. The van der Waals surface area contributed by atoms with Gasteiger partial charge in [0.2, 0.25) is 17.6 Å². The van der Waals surface area contributed by atoms with E-state index in [0.29, 0.717) is 47.3 Å². The largest absolute Gasteiger partial charge is 0.481 e. The lowest BCUT2D eigenvalue weighted by molar-refractivity contribution is -0.143. The highest BCUT2D eigenvalue weighted by Crippen LogP contribution is 2.41. The van der Waals surface area contributed by atoms with Gasteiger partial charge in [0.05, 0.1) is 54.7 Å². The van der Waals surface area contributed by atoms with Gasteiger partial charge in [0, 0.05) is 52.3 Å². The molecule has 496 valence electrons. The molecule has 1 aromatic carbocycles. The number of anilines is 1. The highest BCUT2D eigenvalue weighted by molar-refractivity contribution is 7.15. The second-order valence-corrected chi connectivity index (χ2v) is 27.7. The van der Waals surface area contributed by atoms with Crippen molar-refractivity contribution >= 4 is 121 Å². The highest BCUT2D eigenvalue weighted by Gasteiger charge is 2.35. The summed E-state index contributed by atoms with van der Waals surface area (Å²) in [7, 11) is 2.90. The number of nitrogens with two attached hydrogens (primary N) is 1. The van der Waals surface area contributed by atoms with Crippen LogP contribution < -0.4 is 37.2 Å². The van der Waals surface area contributed by atoms with Crippen LogP contribution in [-0.2, 0) is 40.0 Å². The second-order valence-electron chi connectivity index (χ2n) is 21.9. The molecular formula is C61H62N14O14S6. The quantitative estimate of drug-likeness (QED) is 0.0324. The number of fused-ring (bicyclic) bond motifs is 14. The van der Waals surface area contributed by atoms with Gasteiger partial charge in [-0.2, -0.15) is 0 Å². The van der Waals surface area contributed by atoms with Gasteiger partial charge >= 0.3 is 18.0 Å². The Morgan fingerprint density at radius 1 is 0.747 bits per heavy atom. The third-order valence-corrected chi connectivity index (χ3v) is 20.7. The summed E-state index contributed by atoms with van der Waals surface area (Å²) in [6, 6.07) is 9.06. The van der Waals surface area contributed by atoms with E-state index in [2.05, 4.69) is 38.1 Å². The average molecular weight is 1410 g/mol. The Kier molecular flexibility index (Phi) is 21.9. The zero-order valence-electron chi connectivity index (χ0n) is 51.3. The predicted octanol–water partition coefficient (Wildman–Crippen LogP) is 8.31. The van der Waals surface area contributed by atoms with Gasteiger partial charge in [0.15, 0.2) is 0 Å². The fraction of sp³-hybridized carbons (Fsp3) is 0.328. The molecule has 4 atom stereocenters. The molecule has 10 bridgehead atoms. The zero-order valence-corrected chi connectivity index (χ0v) is 56.2. The van der Waals surface area contributed by atoms with Crippen LogP contribution in [0.4, 0.5) is 10.6 Å². The van der Waals surface area contributed by atoms with E-state index in [1.165, 1.54) is 30.9 Å². The number of nitrogens with one attached hydrogen (secondary N) is 5. The van der Waals surface area contributed by atoms with Crippen LogP contribution in [0.3, 0.4) is 0 Å². The van der Waals surface area contributed by atoms with E-state index in [0.717, 1.165) is 67.8 Å². The molecule has 34 heteroatoms. The number of aromatic nitrogens is 7. The lowest BCUT2D eigenvalue weighted by atomic mass is 9.87. The third-order valence-electron chi connectivity index (χ3n) is 15.0. The number of aryl methyl sites for hydroxylation is 1. The molecule has 7 aromatic heterocycles. The number of carboxylic acids is 2. The molecule has 10 rings (SSSR count). The van der Waals surface area contributed by atoms with E-state index in [9.17, 15) is 53.7 Å². The Bertz CT molecular complexity index is 4240. The number of carbonyl (C=O) groups excluding carboxylic acids is 6. The summed E-state index contributed by atoms with van der Waals surface area (Å²) in [4.78, 5) is 144. The number of amides is 6. The van der Waals surface area contributed by atoms with Gasteiger partial charge in [0.25, 0.3) is 17.7 Å². The van der Waals surface area contributed by atoms with Crippen LogP contribution in [-0.4, -0.2) is 131 Å². The molecule has 8 heterocycles. The number of methoxy groups -OCH3 is 1. The smallest absolute Gasteiger partial charge is 0.416 e. The number of nitrogens with zero attached hydrogens (tertiary/aromatic N) is 8. The second kappa shape index (κ2) is 30.4. The number of hydrogen-bond acceptors (Lipinski definition) is 26. The molecule has 0 radical (unpaired) electrons. The van der Waals surface area contributed by atoms with Crippen molar-refractivity contribution in [2.24, 2.45) is 17.6 Å². The summed E-state index contributed by atoms with van der Waals surface area (Å²) in [5.41, 5.74) is 7.54. The minimum absolute atomic E-state index is 0.0240. The van der Waals surface area contributed by atoms with Crippen LogP contribution in [0.15, 0.2) is 88.3 Å². The average Bonchev–Trinajstić information content (AvgIpc) is 1.68. The van der Waals surface area contributed by atoms with Gasteiger partial charge in [-0.1, -0.05) is 50.8 Å². The maximum Gasteiger partial charge on any atom is 0.416 e. The standard InChI is InChI=1S/C61H62N14O14S6/c1-27(2)44-58-74-47(40(95-58)22-87-6)51(80)64-20-43(77)71-48(49(78)30-10-8-7-9-11-30)57-69-38(25-92-57)55-67-36(23-91-55)46-33(53-68-37(24-90-53)50(79)66-35(18-42(76)63-5)56-73-45(29(4)94-56)52(81)72-44)16-17-34(65-46)54-70-41(26-93-54)75(21-28(3)88-39(19-62)60(84)85)61(86)89-32-14-12-31(13-15-32)59(82)83/h7-11,16-17,19,23-27,31-32,35,44,48-49,78H,3,12-15,18,20-22,62H2,1-2,4-6H3,(H,63,76)(H,64,80)(H,66,79)(H,71,77)(H,72,81)(H,82,83)(H,84,85)/b39-19-/t31?,32?,35-,44?,48-,49-/m0/s1. The molecule has 0 spiro atoms. The van der Waals surface area contributed by atoms with Crippen LogP contribution in [0.2, 0.25) is 0 Å². The molecule has 1 fully saturated rings. The summed E-state index contributed by atoms with van der Waals surface area (Å²) < 4.78 is 16.8. The number of benzene rings is 1. The number of hydrogen-bond donors (Lipinski definition) is 9. The molecule has 10 N–H and O–H groups in total. The van der Waals surface area contributed by atoms with Gasteiger partial charge in [-0.25, -0.2) is 44.5 Å².